The maximum absolute atomic E-state index is 13.1. The number of anilines is 3. The van der Waals surface area contributed by atoms with Crippen LogP contribution in [-0.2, 0) is 25.7 Å². The van der Waals surface area contributed by atoms with Gasteiger partial charge in [0.15, 0.2) is 18.3 Å². The Bertz CT molecular complexity index is 1960. The summed E-state index contributed by atoms with van der Waals surface area (Å²) in [4.78, 5) is 48.9. The number of amides is 1. The molecule has 6 rings (SSSR count). The zero-order chi connectivity index (χ0) is 33.2. The van der Waals surface area contributed by atoms with E-state index in [4.69, 9.17) is 27.9 Å². The van der Waals surface area contributed by atoms with Gasteiger partial charge in [-0.2, -0.15) is 0 Å². The van der Waals surface area contributed by atoms with E-state index in [0.717, 1.165) is 10.9 Å². The number of halogens is 2. The fraction of sp³-hybridized carbons (Fsp3) is 0.206. The highest BCUT2D eigenvalue weighted by Crippen LogP contribution is 2.41. The van der Waals surface area contributed by atoms with Crippen LogP contribution in [0.3, 0.4) is 0 Å². The molecule has 4 aromatic rings. The number of esters is 1. The van der Waals surface area contributed by atoms with Gasteiger partial charge in [0.05, 0.1) is 40.0 Å². The number of pyridine rings is 2. The lowest BCUT2D eigenvalue weighted by atomic mass is 9.99. The highest BCUT2D eigenvalue weighted by molar-refractivity contribution is 6.39. The van der Waals surface area contributed by atoms with Gasteiger partial charge >= 0.3 is 5.97 Å². The number of likely N-dealkylation sites (tertiary alicyclic amines) is 1. The molecule has 1 amide bonds. The highest BCUT2D eigenvalue weighted by atomic mass is 35.5. The van der Waals surface area contributed by atoms with Gasteiger partial charge in [0.1, 0.15) is 5.52 Å². The van der Waals surface area contributed by atoms with Crippen molar-refractivity contribution in [1.82, 2.24) is 19.8 Å². The normalized spacial score (nSPS) is 16.6. The minimum atomic E-state index is -1.23. The molecule has 3 N–H and O–H groups in total. The average molecular weight is 674 g/mol. The fourth-order valence-corrected chi connectivity index (χ4v) is 6.17. The van der Waals surface area contributed by atoms with Gasteiger partial charge in [-0.05, 0) is 35.9 Å². The molecule has 0 radical (unpaired) electrons. The summed E-state index contributed by atoms with van der Waals surface area (Å²) in [5, 5.41) is 18.1. The van der Waals surface area contributed by atoms with Gasteiger partial charge in [0.25, 0.3) is 5.91 Å². The van der Waals surface area contributed by atoms with E-state index in [9.17, 15) is 19.5 Å². The Balaban J connectivity index is 1.22. The number of aldehydes is 1. The van der Waals surface area contributed by atoms with Crippen LogP contribution in [0, 0.1) is 5.92 Å². The first kappa shape index (κ1) is 32.1. The third-order valence-corrected chi connectivity index (χ3v) is 8.89. The number of nitrogens with one attached hydrogen (secondary N) is 2. The maximum atomic E-state index is 13.1. The van der Waals surface area contributed by atoms with Crippen LogP contribution < -0.4 is 10.6 Å². The number of allylic oxidation sites excluding steroid dienone is 2. The van der Waals surface area contributed by atoms with Gasteiger partial charge in [-0.15, -0.1) is 0 Å². The molecule has 240 valence electrons. The van der Waals surface area contributed by atoms with Crippen LogP contribution in [0.2, 0.25) is 10.0 Å². The maximum Gasteiger partial charge on any atom is 0.311 e. The van der Waals surface area contributed by atoms with Crippen molar-refractivity contribution >= 4 is 69.5 Å². The van der Waals surface area contributed by atoms with E-state index in [1.807, 2.05) is 24.3 Å². The predicted molar refractivity (Wildman–Crippen MR) is 180 cm³/mol. The number of carbonyl (C=O) groups is 3. The summed E-state index contributed by atoms with van der Waals surface area (Å²) < 4.78 is 4.83. The molecule has 0 bridgehead atoms. The summed E-state index contributed by atoms with van der Waals surface area (Å²) in [5.74, 6) is -0.359. The smallest absolute Gasteiger partial charge is 0.311 e. The minimum Gasteiger partial charge on any atom is -0.469 e. The number of nitrogens with zero attached hydrogens (tertiary/aromatic N) is 4. The van der Waals surface area contributed by atoms with Crippen LogP contribution in [0.1, 0.15) is 5.56 Å². The molecule has 1 saturated heterocycles. The van der Waals surface area contributed by atoms with E-state index >= 15 is 0 Å². The van der Waals surface area contributed by atoms with Gasteiger partial charge in [-0.3, -0.25) is 24.3 Å². The molecule has 0 aliphatic carbocycles. The number of ether oxygens (including phenoxy) is 1. The van der Waals surface area contributed by atoms with Gasteiger partial charge in [0, 0.05) is 67.4 Å². The number of aromatic nitrogens is 2. The number of rotatable bonds is 9. The summed E-state index contributed by atoms with van der Waals surface area (Å²) >= 11 is 13.7. The number of benzene rings is 2. The van der Waals surface area contributed by atoms with E-state index in [2.05, 4.69) is 31.6 Å². The first-order valence-electron chi connectivity index (χ1n) is 14.6. The van der Waals surface area contributed by atoms with Crippen LogP contribution in [0.15, 0.2) is 84.3 Å². The van der Waals surface area contributed by atoms with Gasteiger partial charge in [-0.25, -0.2) is 4.98 Å². The number of hydrogen-bond donors (Lipinski definition) is 3. The van der Waals surface area contributed by atoms with Gasteiger partial charge < -0.3 is 25.4 Å². The van der Waals surface area contributed by atoms with Crippen LogP contribution in [0.4, 0.5) is 17.2 Å². The topological polar surface area (TPSA) is 137 Å². The van der Waals surface area contributed by atoms with E-state index in [0.29, 0.717) is 64.8 Å². The van der Waals surface area contributed by atoms with Crippen molar-refractivity contribution in [1.29, 1.82) is 0 Å². The van der Waals surface area contributed by atoms with E-state index < -0.39 is 12.1 Å². The molecule has 2 aromatic carbocycles. The summed E-state index contributed by atoms with van der Waals surface area (Å²) in [5.41, 5.74) is 3.97. The summed E-state index contributed by atoms with van der Waals surface area (Å²) in [6.07, 6.45) is 5.65. The average Bonchev–Trinajstić information content (AvgIpc) is 3.05. The lowest BCUT2D eigenvalue weighted by molar-refractivity contribution is -0.151. The van der Waals surface area contributed by atoms with Crippen molar-refractivity contribution in [3.05, 3.63) is 100.0 Å². The Morgan fingerprint density at radius 2 is 1.77 bits per heavy atom. The van der Waals surface area contributed by atoms with Crippen LogP contribution in [-0.4, -0.2) is 76.5 Å². The molecular formula is C34H30Cl2N6O5. The Hall–Kier alpha value is -4.81. The number of fused-ring (bicyclic) bond motifs is 1. The molecular weight excluding hydrogens is 643 g/mol. The lowest BCUT2D eigenvalue weighted by Gasteiger charge is -2.37. The van der Waals surface area contributed by atoms with Crippen molar-refractivity contribution in [3.63, 3.8) is 0 Å². The molecule has 1 unspecified atom stereocenters. The summed E-state index contributed by atoms with van der Waals surface area (Å²) in [6.45, 7) is 1.98. The molecule has 4 heterocycles. The van der Waals surface area contributed by atoms with Crippen LogP contribution >= 0.6 is 23.2 Å². The Morgan fingerprint density at radius 1 is 1.06 bits per heavy atom. The zero-order valence-corrected chi connectivity index (χ0v) is 26.9. The first-order valence-corrected chi connectivity index (χ1v) is 15.4. The van der Waals surface area contributed by atoms with Crippen LogP contribution in [0.5, 0.6) is 0 Å². The van der Waals surface area contributed by atoms with E-state index in [1.54, 1.807) is 37.6 Å². The lowest BCUT2D eigenvalue weighted by Crippen LogP contribution is -2.49. The number of aliphatic hydroxyl groups excluding tert-OH is 1. The second-order valence-corrected chi connectivity index (χ2v) is 12.0. The third kappa shape index (κ3) is 6.56. The molecule has 0 saturated carbocycles. The number of aliphatic hydroxyl groups is 1. The summed E-state index contributed by atoms with van der Waals surface area (Å²) in [6, 6.07) is 14.5. The molecule has 0 spiro atoms. The van der Waals surface area contributed by atoms with Crippen molar-refractivity contribution < 1.29 is 24.2 Å². The highest BCUT2D eigenvalue weighted by Gasteiger charge is 2.33. The standard InChI is InChI=1S/C34H30Cl2N6O5/c1-41-14-20(18-43)12-25(33(41)45)32(44)40-27-8-4-6-24(29(27)36)23-5-3-7-26(28(23)35)39-31-30-21(9-10-37-31)11-19(13-38-30)15-42-16-22(17-42)34(46)47-2/h3-14,18,22,33,45H,15-17H2,1-2H3,(H,37,39)(H,40,44). The second-order valence-electron chi connectivity index (χ2n) is 11.3. The molecule has 1 fully saturated rings. The number of methoxy groups -OCH3 is 1. The number of likely N-dealkylation sites (N-methyl/N-ethyl adjacent to an activating group) is 1. The van der Waals surface area contributed by atoms with E-state index in [-0.39, 0.29) is 28.1 Å². The van der Waals surface area contributed by atoms with Gasteiger partial charge in [0.2, 0.25) is 0 Å². The third-order valence-electron chi connectivity index (χ3n) is 8.08. The second kappa shape index (κ2) is 13.5. The minimum absolute atomic E-state index is 0.00105. The molecule has 47 heavy (non-hydrogen) atoms. The summed E-state index contributed by atoms with van der Waals surface area (Å²) in [7, 11) is 2.97. The molecule has 2 aromatic heterocycles. The SMILES string of the molecule is COC(=O)C1CN(Cc2cnc3c(Nc4cccc(-c5cccc(NC(=O)C6=CC(C=O)=CN(C)C6O)c5Cl)c4Cl)nccc3c2)C1. The van der Waals surface area contributed by atoms with Crippen molar-refractivity contribution in [2.24, 2.45) is 5.92 Å². The molecule has 2 aliphatic rings. The van der Waals surface area contributed by atoms with Crippen molar-refractivity contribution in [3.8, 4) is 11.1 Å². The van der Waals surface area contributed by atoms with E-state index in [1.165, 1.54) is 24.3 Å². The fourth-order valence-electron chi connectivity index (χ4n) is 5.62. The van der Waals surface area contributed by atoms with Crippen molar-refractivity contribution in [2.45, 2.75) is 12.8 Å². The first-order chi connectivity index (χ1) is 22.7. The molecule has 2 aliphatic heterocycles. The Kier molecular flexibility index (Phi) is 9.24. The molecule has 1 atom stereocenters. The Labute approximate surface area is 280 Å². The number of hydrogen-bond acceptors (Lipinski definition) is 10. The quantitative estimate of drug-likeness (QED) is 0.161. The molecule has 13 heteroatoms. The number of carbonyl (C=O) groups excluding carboxylic acids is 3. The van der Waals surface area contributed by atoms with Crippen molar-refractivity contribution in [2.75, 3.05) is 37.9 Å². The molecule has 11 nitrogen and oxygen atoms in total. The monoisotopic (exact) mass is 672 g/mol. The largest absolute Gasteiger partial charge is 0.469 e. The van der Waals surface area contributed by atoms with Crippen LogP contribution in [0.25, 0.3) is 22.0 Å². The van der Waals surface area contributed by atoms with Gasteiger partial charge in [-0.1, -0.05) is 47.5 Å². The predicted octanol–water partition coefficient (Wildman–Crippen LogP) is 5.16. The Morgan fingerprint density at radius 3 is 2.47 bits per heavy atom. The zero-order valence-electron chi connectivity index (χ0n) is 25.4.